The van der Waals surface area contributed by atoms with Gasteiger partial charge in [0, 0.05) is 6.54 Å². The van der Waals surface area contributed by atoms with Crippen molar-refractivity contribution in [1.29, 1.82) is 0 Å². The van der Waals surface area contributed by atoms with Crippen LogP contribution in [0.3, 0.4) is 0 Å². The van der Waals surface area contributed by atoms with E-state index in [0.717, 1.165) is 37.8 Å². The van der Waals surface area contributed by atoms with Gasteiger partial charge >= 0.3 is 6.09 Å². The summed E-state index contributed by atoms with van der Waals surface area (Å²) < 4.78 is 26.0. The van der Waals surface area contributed by atoms with Crippen molar-refractivity contribution >= 4 is 14.4 Å². The Bertz CT molecular complexity index is 1450. The summed E-state index contributed by atoms with van der Waals surface area (Å²) in [6.07, 6.45) is 3.22. The zero-order valence-corrected chi connectivity index (χ0v) is 30.4. The van der Waals surface area contributed by atoms with E-state index in [-0.39, 0.29) is 35.4 Å². The van der Waals surface area contributed by atoms with E-state index in [0.29, 0.717) is 38.3 Å². The summed E-state index contributed by atoms with van der Waals surface area (Å²) in [4.78, 5) is 13.5. The molecule has 0 bridgehead atoms. The Morgan fingerprint density at radius 1 is 0.729 bits per heavy atom. The molecule has 8 heteroatoms. The number of carbonyl (C=O) groups excluding carboxylic acids is 1. The lowest BCUT2D eigenvalue weighted by atomic mass is 9.71. The number of benzene rings is 3. The summed E-state index contributed by atoms with van der Waals surface area (Å²) in [7, 11) is -2.02. The molecule has 1 aliphatic carbocycles. The van der Waals surface area contributed by atoms with Crippen molar-refractivity contribution in [1.82, 2.24) is 10.0 Å². The van der Waals surface area contributed by atoms with Crippen LogP contribution in [0.25, 0.3) is 0 Å². The predicted octanol–water partition coefficient (Wildman–Crippen LogP) is 8.26. The van der Waals surface area contributed by atoms with Gasteiger partial charge in [0.15, 0.2) is 8.32 Å². The van der Waals surface area contributed by atoms with E-state index < -0.39 is 8.32 Å². The highest BCUT2D eigenvalue weighted by molar-refractivity contribution is 6.74. The van der Waals surface area contributed by atoms with E-state index in [2.05, 4.69) is 112 Å². The molecule has 7 nitrogen and oxygen atoms in total. The van der Waals surface area contributed by atoms with Crippen LogP contribution < -0.4 is 0 Å². The normalized spacial score (nSPS) is 26.7. The maximum Gasteiger partial charge on any atom is 0.424 e. The Morgan fingerprint density at radius 3 is 1.79 bits per heavy atom. The lowest BCUT2D eigenvalue weighted by Crippen LogP contribution is -2.62. The van der Waals surface area contributed by atoms with Gasteiger partial charge in [0.1, 0.15) is 6.61 Å². The van der Waals surface area contributed by atoms with Gasteiger partial charge in [-0.3, -0.25) is 0 Å². The third-order valence-electron chi connectivity index (χ3n) is 11.1. The fraction of sp³-hybridized carbons (Fsp3) is 0.525. The Kier molecular flexibility index (Phi) is 11.1. The molecule has 3 aromatic rings. The van der Waals surface area contributed by atoms with Crippen molar-refractivity contribution in [3.05, 3.63) is 108 Å². The first-order chi connectivity index (χ1) is 23.1. The zero-order chi connectivity index (χ0) is 33.7. The molecule has 2 heterocycles. The van der Waals surface area contributed by atoms with Crippen LogP contribution in [0.15, 0.2) is 91.0 Å². The van der Waals surface area contributed by atoms with Crippen LogP contribution in [-0.4, -0.2) is 68.5 Å². The molecule has 3 aliphatic rings. The van der Waals surface area contributed by atoms with Crippen molar-refractivity contribution in [3.8, 4) is 0 Å². The second-order valence-electron chi connectivity index (χ2n) is 15.5. The fourth-order valence-electron chi connectivity index (χ4n) is 7.30. The monoisotopic (exact) mass is 670 g/mol. The summed E-state index contributed by atoms with van der Waals surface area (Å²) in [5, 5.41) is 4.37. The van der Waals surface area contributed by atoms with Gasteiger partial charge in [0.05, 0.1) is 44.1 Å². The molecule has 258 valence electrons. The number of hydrogen-bond donors (Lipinski definition) is 0. The number of hydrogen-bond acceptors (Lipinski definition) is 6. The number of ether oxygens (including phenoxy) is 3. The number of fused-ring (bicyclic) bond motifs is 1. The maximum atomic E-state index is 13.5. The van der Waals surface area contributed by atoms with Gasteiger partial charge in [0.25, 0.3) is 0 Å². The molecule has 0 radical (unpaired) electrons. The van der Waals surface area contributed by atoms with Crippen molar-refractivity contribution in [3.63, 3.8) is 0 Å². The summed E-state index contributed by atoms with van der Waals surface area (Å²) in [5.74, 6) is 0.801. The number of carbonyl (C=O) groups is 1. The van der Waals surface area contributed by atoms with Crippen LogP contribution in [0, 0.1) is 11.8 Å². The number of rotatable bonds is 12. The lowest BCUT2D eigenvalue weighted by Gasteiger charge is -2.52. The zero-order valence-electron chi connectivity index (χ0n) is 29.4. The smallest absolute Gasteiger partial charge is 0.424 e. The largest absolute Gasteiger partial charge is 0.446 e. The van der Waals surface area contributed by atoms with Crippen molar-refractivity contribution in [2.24, 2.45) is 11.8 Å². The van der Waals surface area contributed by atoms with Gasteiger partial charge in [-0.15, -0.1) is 0 Å². The number of cyclic esters (lactones) is 1. The molecular weight excluding hydrogens is 617 g/mol. The summed E-state index contributed by atoms with van der Waals surface area (Å²) in [5.41, 5.74) is 3.55. The Balaban J connectivity index is 1.24. The van der Waals surface area contributed by atoms with Crippen LogP contribution in [-0.2, 0) is 38.3 Å². The number of amides is 1. The predicted molar refractivity (Wildman–Crippen MR) is 192 cm³/mol. The fourth-order valence-corrected chi connectivity index (χ4v) is 8.34. The standard InChI is InChI=1S/C40H54N2O5Si/c1-40(2,3)48(4,5)47-29-35-22-33-23-37(44-26-31-17-11-7-12-18-31)38(45-27-32-19-13-8-14-20-32)24-34(33)25-41(35)42-36(28-46-39(42)43)21-30-15-9-6-10-16-30/h6-20,33-38H,21-29H2,1-5H3/t33-,34+,35+,36+,37-,38-/m1/s1. The summed E-state index contributed by atoms with van der Waals surface area (Å²) >= 11 is 0. The molecule has 6 rings (SSSR count). The van der Waals surface area contributed by atoms with Crippen LogP contribution >= 0.6 is 0 Å². The highest BCUT2D eigenvalue weighted by Crippen LogP contribution is 2.44. The summed E-state index contributed by atoms with van der Waals surface area (Å²) in [6, 6.07) is 31.3. The minimum atomic E-state index is -2.02. The van der Waals surface area contributed by atoms with Gasteiger partial charge in [0.2, 0.25) is 0 Å². The third kappa shape index (κ3) is 8.40. The molecule has 1 saturated carbocycles. The minimum absolute atomic E-state index is 0.00809. The lowest BCUT2D eigenvalue weighted by molar-refractivity contribution is -0.162. The van der Waals surface area contributed by atoms with Crippen LogP contribution in [0.2, 0.25) is 18.1 Å². The summed E-state index contributed by atoms with van der Waals surface area (Å²) in [6.45, 7) is 14.4. The van der Waals surface area contributed by atoms with Gasteiger partial charge in [-0.2, -0.15) is 0 Å². The van der Waals surface area contributed by atoms with Crippen molar-refractivity contribution in [2.45, 2.75) is 102 Å². The van der Waals surface area contributed by atoms with Crippen LogP contribution in [0.1, 0.15) is 56.7 Å². The first kappa shape index (κ1) is 34.8. The maximum absolute atomic E-state index is 13.5. The van der Waals surface area contributed by atoms with Crippen LogP contribution in [0.4, 0.5) is 4.79 Å². The Labute approximate surface area is 288 Å². The van der Waals surface area contributed by atoms with E-state index in [1.54, 1.807) is 0 Å². The van der Waals surface area contributed by atoms with E-state index >= 15 is 0 Å². The third-order valence-corrected chi connectivity index (χ3v) is 15.6. The van der Waals surface area contributed by atoms with Gasteiger partial charge in [-0.25, -0.2) is 14.8 Å². The molecule has 0 unspecified atom stereocenters. The molecule has 1 amide bonds. The average Bonchev–Trinajstić information content (AvgIpc) is 3.44. The number of piperidine rings is 1. The Hall–Kier alpha value is -3.01. The molecule has 0 N–H and O–H groups in total. The van der Waals surface area contributed by atoms with E-state index in [4.69, 9.17) is 18.6 Å². The quantitative estimate of drug-likeness (QED) is 0.181. The average molecular weight is 671 g/mol. The molecule has 6 atom stereocenters. The first-order valence-corrected chi connectivity index (χ1v) is 20.7. The molecule has 3 aromatic carbocycles. The molecule has 2 saturated heterocycles. The van der Waals surface area contributed by atoms with Crippen molar-refractivity contribution < 1.29 is 23.4 Å². The molecule has 3 fully saturated rings. The van der Waals surface area contributed by atoms with E-state index in [9.17, 15) is 4.79 Å². The molecule has 0 spiro atoms. The first-order valence-electron chi connectivity index (χ1n) is 17.8. The van der Waals surface area contributed by atoms with Gasteiger partial charge in [-0.05, 0) is 72.3 Å². The number of nitrogens with zero attached hydrogens (tertiary/aromatic N) is 2. The highest BCUT2D eigenvalue weighted by atomic mass is 28.4. The number of hydrazine groups is 1. The second kappa shape index (κ2) is 15.3. The highest BCUT2D eigenvalue weighted by Gasteiger charge is 2.49. The molecule has 48 heavy (non-hydrogen) atoms. The topological polar surface area (TPSA) is 60.5 Å². The van der Waals surface area contributed by atoms with Gasteiger partial charge < -0.3 is 18.6 Å². The van der Waals surface area contributed by atoms with Crippen LogP contribution in [0.5, 0.6) is 0 Å². The molecule has 0 aromatic heterocycles. The van der Waals surface area contributed by atoms with Crippen molar-refractivity contribution in [2.75, 3.05) is 19.8 Å². The van der Waals surface area contributed by atoms with Gasteiger partial charge in [-0.1, -0.05) is 112 Å². The molecule has 2 aliphatic heterocycles. The van der Waals surface area contributed by atoms with E-state index in [1.807, 2.05) is 23.2 Å². The minimum Gasteiger partial charge on any atom is -0.446 e. The van der Waals surface area contributed by atoms with E-state index in [1.165, 1.54) is 11.1 Å². The molecular formula is C40H54N2O5Si. The SMILES string of the molecule is CC(C)(C)[Si](C)(C)OC[C@@H]1C[C@@H]2C[C@@H](OCc3ccccc3)[C@H](OCc3ccccc3)C[C@H]2CN1N1C(=O)OC[C@@H]1Cc1ccccc1. The second-order valence-corrected chi connectivity index (χ2v) is 20.3. The Morgan fingerprint density at radius 2 is 1.25 bits per heavy atom.